The van der Waals surface area contributed by atoms with E-state index in [1.807, 2.05) is 0 Å². The summed E-state index contributed by atoms with van der Waals surface area (Å²) in [6.07, 6.45) is 2.63. The molecule has 0 aliphatic rings. The van der Waals surface area contributed by atoms with E-state index in [1.54, 1.807) is 12.1 Å². The number of halogens is 1. The molecule has 0 radical (unpaired) electrons. The molecular formula is C12H9ClN4O3. The second-order valence-electron chi connectivity index (χ2n) is 4.04. The topological polar surface area (TPSA) is 93.0 Å². The summed E-state index contributed by atoms with van der Waals surface area (Å²) in [7, 11) is 1.52. The lowest BCUT2D eigenvalue weighted by Gasteiger charge is -2.00. The molecule has 102 valence electrons. The zero-order valence-electron chi connectivity index (χ0n) is 10.3. The van der Waals surface area contributed by atoms with Gasteiger partial charge in [-0.15, -0.1) is 0 Å². The summed E-state index contributed by atoms with van der Waals surface area (Å²) in [5, 5.41) is 13.3. The number of ether oxygens (including phenoxy) is 1. The first kappa shape index (κ1) is 12.5. The van der Waals surface area contributed by atoms with Crippen LogP contribution >= 0.6 is 11.6 Å². The first-order valence-electron chi connectivity index (χ1n) is 5.60. The lowest BCUT2D eigenvalue weighted by atomic mass is 10.3. The zero-order valence-corrected chi connectivity index (χ0v) is 11.0. The van der Waals surface area contributed by atoms with Crippen LogP contribution in [0.4, 0.5) is 0 Å². The maximum absolute atomic E-state index is 10.8. The van der Waals surface area contributed by atoms with Gasteiger partial charge in [-0.3, -0.25) is 0 Å². The third kappa shape index (κ3) is 1.97. The number of benzene rings is 1. The van der Waals surface area contributed by atoms with Crippen molar-refractivity contribution in [2.24, 2.45) is 0 Å². The number of nitrogens with one attached hydrogen (secondary N) is 1. The van der Waals surface area contributed by atoms with Gasteiger partial charge in [-0.25, -0.2) is 14.5 Å². The minimum absolute atomic E-state index is 0.0843. The molecule has 0 saturated carbocycles. The molecule has 0 unspecified atom stereocenters. The number of H-pyrrole nitrogens is 1. The van der Waals surface area contributed by atoms with Crippen LogP contribution in [0.5, 0.6) is 5.75 Å². The lowest BCUT2D eigenvalue weighted by Crippen LogP contribution is -1.97. The van der Waals surface area contributed by atoms with Crippen molar-refractivity contribution < 1.29 is 14.6 Å². The smallest absolute Gasteiger partial charge is 0.338 e. The van der Waals surface area contributed by atoms with E-state index in [0.717, 1.165) is 0 Å². The highest BCUT2D eigenvalue weighted by molar-refractivity contribution is 6.32. The van der Waals surface area contributed by atoms with Gasteiger partial charge in [0.25, 0.3) is 0 Å². The van der Waals surface area contributed by atoms with Crippen molar-refractivity contribution >= 4 is 28.6 Å². The van der Waals surface area contributed by atoms with Crippen LogP contribution in [0.25, 0.3) is 17.0 Å². The molecule has 0 saturated heterocycles. The number of aromatic nitrogens is 4. The Labute approximate surface area is 117 Å². The Bertz CT molecular complexity index is 808. The minimum atomic E-state index is -1.04. The average Bonchev–Trinajstić information content (AvgIpc) is 3.03. The van der Waals surface area contributed by atoms with Gasteiger partial charge in [0.1, 0.15) is 5.75 Å². The predicted molar refractivity (Wildman–Crippen MR) is 71.7 cm³/mol. The summed E-state index contributed by atoms with van der Waals surface area (Å²) >= 11 is 6.03. The number of aromatic amines is 1. The second kappa shape index (κ2) is 4.53. The number of hydrogen-bond donors (Lipinski definition) is 2. The molecule has 2 N–H and O–H groups in total. The maximum Gasteiger partial charge on any atom is 0.338 e. The van der Waals surface area contributed by atoms with Gasteiger partial charge in [-0.2, -0.15) is 5.10 Å². The van der Waals surface area contributed by atoms with E-state index in [-0.39, 0.29) is 5.56 Å². The van der Waals surface area contributed by atoms with Gasteiger partial charge in [0, 0.05) is 12.3 Å². The van der Waals surface area contributed by atoms with Gasteiger partial charge >= 0.3 is 5.97 Å². The number of methoxy groups -OCH3 is 1. The van der Waals surface area contributed by atoms with Crippen LogP contribution in [0.3, 0.4) is 0 Å². The summed E-state index contributed by atoms with van der Waals surface area (Å²) in [4.78, 5) is 18.2. The van der Waals surface area contributed by atoms with Crippen LogP contribution in [0.2, 0.25) is 5.02 Å². The Hall–Kier alpha value is -2.54. The van der Waals surface area contributed by atoms with E-state index in [1.165, 1.54) is 24.2 Å². The molecule has 0 bridgehead atoms. The maximum atomic E-state index is 10.8. The number of hydrogen-bond acceptors (Lipinski definition) is 4. The minimum Gasteiger partial charge on any atom is -0.495 e. The number of imidazole rings is 1. The van der Waals surface area contributed by atoms with Crippen molar-refractivity contribution in [3.63, 3.8) is 0 Å². The van der Waals surface area contributed by atoms with E-state index >= 15 is 0 Å². The van der Waals surface area contributed by atoms with Crippen LogP contribution < -0.4 is 4.74 Å². The number of aromatic carboxylic acids is 1. The van der Waals surface area contributed by atoms with E-state index in [9.17, 15) is 4.79 Å². The molecule has 0 aliphatic carbocycles. The molecule has 3 aromatic rings. The van der Waals surface area contributed by atoms with Crippen molar-refractivity contribution in [3.8, 4) is 11.7 Å². The zero-order chi connectivity index (χ0) is 14.3. The molecule has 0 spiro atoms. The molecule has 0 amide bonds. The van der Waals surface area contributed by atoms with Crippen LogP contribution in [0, 0.1) is 0 Å². The van der Waals surface area contributed by atoms with Gasteiger partial charge in [0.2, 0.25) is 5.95 Å². The molecule has 7 nitrogen and oxygen atoms in total. The molecule has 1 aromatic carbocycles. The summed E-state index contributed by atoms with van der Waals surface area (Å²) < 4.78 is 6.47. The van der Waals surface area contributed by atoms with Crippen LogP contribution in [-0.2, 0) is 0 Å². The number of carbonyl (C=O) groups is 1. The SMILES string of the molecule is COc1cc2nc(-n3cc(C(=O)O)cn3)[nH]c2cc1Cl. The van der Waals surface area contributed by atoms with Gasteiger partial charge < -0.3 is 14.8 Å². The largest absolute Gasteiger partial charge is 0.495 e. The highest BCUT2D eigenvalue weighted by Gasteiger charge is 2.12. The Morgan fingerprint density at radius 3 is 2.95 bits per heavy atom. The standard InChI is InChI=1S/C12H9ClN4O3/c1-20-10-3-9-8(2-7(10)13)15-12(16-9)17-5-6(4-14-17)11(18)19/h2-5H,1H3,(H,15,16)(H,18,19). The first-order valence-corrected chi connectivity index (χ1v) is 5.98. The van der Waals surface area contributed by atoms with Crippen molar-refractivity contribution in [2.75, 3.05) is 7.11 Å². The number of nitrogens with zero attached hydrogens (tertiary/aromatic N) is 3. The monoisotopic (exact) mass is 292 g/mol. The Morgan fingerprint density at radius 2 is 2.30 bits per heavy atom. The summed E-state index contributed by atoms with van der Waals surface area (Å²) in [5.41, 5.74) is 1.44. The number of rotatable bonds is 3. The third-order valence-corrected chi connectivity index (χ3v) is 3.08. The van der Waals surface area contributed by atoms with E-state index in [0.29, 0.717) is 27.8 Å². The average molecular weight is 293 g/mol. The van der Waals surface area contributed by atoms with Gasteiger partial charge in [-0.1, -0.05) is 11.6 Å². The fourth-order valence-electron chi connectivity index (χ4n) is 1.81. The molecule has 2 aromatic heterocycles. The molecule has 3 rings (SSSR count). The molecular weight excluding hydrogens is 284 g/mol. The fourth-order valence-corrected chi connectivity index (χ4v) is 2.05. The van der Waals surface area contributed by atoms with Gasteiger partial charge in [-0.05, 0) is 6.07 Å². The van der Waals surface area contributed by atoms with Crippen molar-refractivity contribution in [1.82, 2.24) is 19.7 Å². The number of carboxylic acids is 1. The summed E-state index contributed by atoms with van der Waals surface area (Å²) in [5.74, 6) is -0.127. The predicted octanol–water partition coefficient (Wildman–Crippen LogP) is 2.11. The van der Waals surface area contributed by atoms with Crippen LogP contribution in [-0.4, -0.2) is 37.9 Å². The Morgan fingerprint density at radius 1 is 1.50 bits per heavy atom. The molecule has 0 fully saturated rings. The summed E-state index contributed by atoms with van der Waals surface area (Å²) in [6, 6.07) is 3.38. The van der Waals surface area contributed by atoms with Crippen LogP contribution in [0.1, 0.15) is 10.4 Å². The molecule has 20 heavy (non-hydrogen) atoms. The normalized spacial score (nSPS) is 10.9. The highest BCUT2D eigenvalue weighted by atomic mass is 35.5. The summed E-state index contributed by atoms with van der Waals surface area (Å²) in [6.45, 7) is 0. The molecule has 0 aliphatic heterocycles. The third-order valence-electron chi connectivity index (χ3n) is 2.79. The van der Waals surface area contributed by atoms with Gasteiger partial charge in [0.05, 0.1) is 34.9 Å². The van der Waals surface area contributed by atoms with Crippen molar-refractivity contribution in [3.05, 3.63) is 35.1 Å². The second-order valence-corrected chi connectivity index (χ2v) is 4.45. The molecule has 8 heteroatoms. The number of carboxylic acid groups (broad SMARTS) is 1. The lowest BCUT2D eigenvalue weighted by molar-refractivity contribution is 0.0697. The van der Waals surface area contributed by atoms with E-state index in [2.05, 4.69) is 15.1 Å². The molecule has 0 atom stereocenters. The van der Waals surface area contributed by atoms with E-state index in [4.69, 9.17) is 21.4 Å². The van der Waals surface area contributed by atoms with Crippen molar-refractivity contribution in [2.45, 2.75) is 0 Å². The van der Waals surface area contributed by atoms with Crippen LogP contribution in [0.15, 0.2) is 24.5 Å². The van der Waals surface area contributed by atoms with E-state index < -0.39 is 5.97 Å². The Balaban J connectivity index is 2.10. The van der Waals surface area contributed by atoms with Gasteiger partial charge in [0.15, 0.2) is 0 Å². The fraction of sp³-hybridized carbons (Fsp3) is 0.0833. The number of fused-ring (bicyclic) bond motifs is 1. The van der Waals surface area contributed by atoms with Crippen molar-refractivity contribution in [1.29, 1.82) is 0 Å². The first-order chi connectivity index (χ1) is 9.58. The molecule has 2 heterocycles. The highest BCUT2D eigenvalue weighted by Crippen LogP contribution is 2.29. The quantitative estimate of drug-likeness (QED) is 0.771. The Kier molecular flexibility index (Phi) is 2.83.